The van der Waals surface area contributed by atoms with Crippen LogP contribution in [-0.2, 0) is 28.9 Å². The van der Waals surface area contributed by atoms with Gasteiger partial charge in [-0.2, -0.15) is 13.2 Å². The van der Waals surface area contributed by atoms with Crippen molar-refractivity contribution < 1.29 is 33.0 Å². The molecule has 0 bridgehead atoms. The van der Waals surface area contributed by atoms with E-state index < -0.39 is 40.9 Å². The maximum Gasteiger partial charge on any atom is 0.416 e. The number of likely N-dealkylation sites (tertiary alicyclic amines) is 1. The Hall–Kier alpha value is -3.30. The fraction of sp³-hybridized carbons (Fsp3) is 0.259. The van der Waals surface area contributed by atoms with Gasteiger partial charge in [0.15, 0.2) is 4.75 Å². The number of aliphatic hydroxyl groups excluding tert-OH is 1. The van der Waals surface area contributed by atoms with Crippen molar-refractivity contribution in [1.29, 1.82) is 0 Å². The predicted molar refractivity (Wildman–Crippen MR) is 129 cm³/mol. The van der Waals surface area contributed by atoms with Gasteiger partial charge in [-0.3, -0.25) is 9.59 Å². The molecule has 9 heteroatoms. The van der Waals surface area contributed by atoms with Gasteiger partial charge in [-0.15, -0.1) is 11.8 Å². The van der Waals surface area contributed by atoms with Crippen molar-refractivity contribution in [2.24, 2.45) is 0 Å². The highest BCUT2D eigenvalue weighted by Gasteiger charge is 2.58. The van der Waals surface area contributed by atoms with Gasteiger partial charge < -0.3 is 15.1 Å². The summed E-state index contributed by atoms with van der Waals surface area (Å²) in [6.07, 6.45) is -5.01. The fourth-order valence-corrected chi connectivity index (χ4v) is 5.87. The number of aliphatic hydroxyl groups is 1. The number of amides is 1. The average Bonchev–Trinajstić information content (AvgIpc) is 3.12. The number of carbonyl (C=O) groups is 2. The topological polar surface area (TPSA) is 77.8 Å². The third-order valence-electron chi connectivity index (χ3n) is 6.31. The molecule has 188 valence electrons. The molecular weight excluding hydrogens is 491 g/mol. The molecule has 3 aromatic rings. The van der Waals surface area contributed by atoms with E-state index in [1.807, 2.05) is 19.1 Å². The van der Waals surface area contributed by atoms with E-state index in [-0.39, 0.29) is 18.6 Å². The van der Waals surface area contributed by atoms with Gasteiger partial charge in [0, 0.05) is 11.4 Å². The summed E-state index contributed by atoms with van der Waals surface area (Å²) < 4.78 is 39.4. The number of alkyl halides is 3. The van der Waals surface area contributed by atoms with Crippen LogP contribution in [0.25, 0.3) is 0 Å². The Morgan fingerprint density at radius 2 is 1.69 bits per heavy atom. The van der Waals surface area contributed by atoms with Gasteiger partial charge in [-0.1, -0.05) is 60.2 Å². The molecule has 1 amide bonds. The van der Waals surface area contributed by atoms with E-state index in [4.69, 9.17) is 0 Å². The zero-order valence-electron chi connectivity index (χ0n) is 19.3. The second-order valence-electron chi connectivity index (χ2n) is 8.77. The number of thioether (sulfide) groups is 1. The van der Waals surface area contributed by atoms with E-state index in [1.54, 1.807) is 36.4 Å². The van der Waals surface area contributed by atoms with Crippen molar-refractivity contribution in [3.05, 3.63) is 101 Å². The summed E-state index contributed by atoms with van der Waals surface area (Å²) in [5.41, 5.74) is 1.05. The zero-order valence-corrected chi connectivity index (χ0v) is 20.1. The van der Waals surface area contributed by atoms with Crippen LogP contribution in [-0.4, -0.2) is 31.7 Å². The fourth-order valence-electron chi connectivity index (χ4n) is 4.52. The van der Waals surface area contributed by atoms with E-state index >= 15 is 0 Å². The van der Waals surface area contributed by atoms with Gasteiger partial charge in [0.05, 0.1) is 24.6 Å². The summed E-state index contributed by atoms with van der Waals surface area (Å²) in [6, 6.07) is 17.6. The highest BCUT2D eigenvalue weighted by Crippen LogP contribution is 2.53. The maximum atomic E-state index is 13.7. The third kappa shape index (κ3) is 4.99. The number of hydrogen-bond donors (Lipinski definition) is 2. The van der Waals surface area contributed by atoms with Crippen LogP contribution in [0.15, 0.2) is 77.7 Å². The van der Waals surface area contributed by atoms with Gasteiger partial charge in [0.1, 0.15) is 0 Å². The largest absolute Gasteiger partial charge is 0.480 e. The van der Waals surface area contributed by atoms with E-state index in [0.717, 1.165) is 23.4 Å². The number of benzene rings is 3. The van der Waals surface area contributed by atoms with Crippen LogP contribution in [0.2, 0.25) is 0 Å². The number of nitrogens with zero attached hydrogens (tertiary/aromatic N) is 1. The van der Waals surface area contributed by atoms with Crippen LogP contribution in [0.1, 0.15) is 40.3 Å². The highest BCUT2D eigenvalue weighted by molar-refractivity contribution is 8.01. The molecule has 5 nitrogen and oxygen atoms in total. The van der Waals surface area contributed by atoms with Crippen molar-refractivity contribution in [2.45, 2.75) is 48.4 Å². The summed E-state index contributed by atoms with van der Waals surface area (Å²) >= 11 is 1.02. The first-order chi connectivity index (χ1) is 17.0. The van der Waals surface area contributed by atoms with E-state index in [2.05, 4.69) is 0 Å². The highest BCUT2D eigenvalue weighted by atomic mass is 32.2. The number of carbonyl (C=O) groups excluding carboxylic acids is 1. The summed E-state index contributed by atoms with van der Waals surface area (Å²) in [4.78, 5) is 28.1. The molecule has 0 saturated carbocycles. The minimum atomic E-state index is -4.63. The van der Waals surface area contributed by atoms with Crippen LogP contribution >= 0.6 is 11.8 Å². The van der Waals surface area contributed by atoms with E-state index in [0.29, 0.717) is 16.0 Å². The maximum absolute atomic E-state index is 13.7. The molecule has 1 saturated heterocycles. The second kappa shape index (κ2) is 9.99. The molecule has 1 heterocycles. The SMILES string of the molecule is Cc1ccc(S[C@]2(C(=O)O)CC(=O)N(Cc3ccccc3C(F)(F)F)[C@@H]2c2ccc(CO)cc2)cc1. The molecule has 0 radical (unpaired) electrons. The normalized spacial score (nSPS) is 20.1. The number of hydrogen-bond acceptors (Lipinski definition) is 4. The molecule has 3 aromatic carbocycles. The van der Waals surface area contributed by atoms with Crippen molar-refractivity contribution in [3.8, 4) is 0 Å². The second-order valence-corrected chi connectivity index (χ2v) is 10.2. The molecular formula is C27H24F3NO4S. The Kier molecular flexibility index (Phi) is 7.15. The molecule has 4 rings (SSSR count). The monoisotopic (exact) mass is 515 g/mol. The Bertz CT molecular complexity index is 1260. The van der Waals surface area contributed by atoms with Crippen LogP contribution in [0.3, 0.4) is 0 Å². The van der Waals surface area contributed by atoms with Crippen molar-refractivity contribution in [1.82, 2.24) is 4.90 Å². The lowest BCUT2D eigenvalue weighted by Crippen LogP contribution is -2.41. The lowest BCUT2D eigenvalue weighted by atomic mass is 9.91. The molecule has 0 aliphatic carbocycles. The first-order valence-electron chi connectivity index (χ1n) is 11.2. The quantitative estimate of drug-likeness (QED) is 0.429. The van der Waals surface area contributed by atoms with Crippen LogP contribution in [0, 0.1) is 6.92 Å². The lowest BCUT2D eigenvalue weighted by molar-refractivity contribution is -0.141. The van der Waals surface area contributed by atoms with Gasteiger partial charge in [0.25, 0.3) is 0 Å². The number of carboxylic acid groups (broad SMARTS) is 1. The number of aryl methyl sites for hydroxylation is 1. The van der Waals surface area contributed by atoms with Crippen molar-refractivity contribution in [3.63, 3.8) is 0 Å². The Balaban J connectivity index is 1.84. The number of halogens is 3. The zero-order chi connectivity index (χ0) is 26.1. The molecule has 0 unspecified atom stereocenters. The van der Waals surface area contributed by atoms with Crippen molar-refractivity contribution in [2.75, 3.05) is 0 Å². The third-order valence-corrected chi connectivity index (χ3v) is 7.73. The van der Waals surface area contributed by atoms with E-state index in [9.17, 15) is 33.0 Å². The molecule has 1 fully saturated rings. The molecule has 2 atom stereocenters. The number of carboxylic acids is 1. The Labute approximate surface area is 210 Å². The smallest absolute Gasteiger partial charge is 0.416 e. The van der Waals surface area contributed by atoms with Crippen LogP contribution in [0.4, 0.5) is 13.2 Å². The lowest BCUT2D eigenvalue weighted by Gasteiger charge is -2.35. The minimum Gasteiger partial charge on any atom is -0.480 e. The molecule has 1 aliphatic rings. The van der Waals surface area contributed by atoms with E-state index in [1.165, 1.54) is 23.1 Å². The summed E-state index contributed by atoms with van der Waals surface area (Å²) in [5.74, 6) is -1.78. The Morgan fingerprint density at radius 1 is 1.06 bits per heavy atom. The predicted octanol–water partition coefficient (Wildman–Crippen LogP) is 5.60. The summed E-state index contributed by atoms with van der Waals surface area (Å²) in [7, 11) is 0. The molecule has 2 N–H and O–H groups in total. The minimum absolute atomic E-state index is 0.114. The molecule has 0 spiro atoms. The van der Waals surface area contributed by atoms with Crippen LogP contribution in [0.5, 0.6) is 0 Å². The molecule has 0 aromatic heterocycles. The first-order valence-corrected chi connectivity index (χ1v) is 12.0. The number of aliphatic carboxylic acids is 1. The van der Waals surface area contributed by atoms with Crippen LogP contribution < -0.4 is 0 Å². The van der Waals surface area contributed by atoms with Gasteiger partial charge >= 0.3 is 12.1 Å². The first kappa shape index (κ1) is 25.8. The standard InChI is InChI=1S/C27H24F3NO4S/c1-17-6-12-21(13-7-17)36-26(25(34)35)14-23(33)31(24(26)19-10-8-18(16-32)9-11-19)15-20-4-2-3-5-22(20)27(28,29)30/h2-13,24,32H,14-16H2,1H3,(H,34,35)/t24-,26-/m1/s1. The average molecular weight is 516 g/mol. The van der Waals surface area contributed by atoms with Gasteiger partial charge in [-0.05, 0) is 41.8 Å². The summed E-state index contributed by atoms with van der Waals surface area (Å²) in [6.45, 7) is 1.27. The van der Waals surface area contributed by atoms with Gasteiger partial charge in [-0.25, -0.2) is 0 Å². The summed E-state index contributed by atoms with van der Waals surface area (Å²) in [5, 5.41) is 19.9. The van der Waals surface area contributed by atoms with Crippen molar-refractivity contribution >= 4 is 23.6 Å². The number of rotatable bonds is 7. The Morgan fingerprint density at radius 3 is 2.28 bits per heavy atom. The molecule has 36 heavy (non-hydrogen) atoms. The molecule has 1 aliphatic heterocycles. The van der Waals surface area contributed by atoms with Gasteiger partial charge in [0.2, 0.25) is 5.91 Å².